The molecule has 3 aliphatic rings. The number of carbonyl (C=O) groups is 1. The first-order valence-corrected chi connectivity index (χ1v) is 13.5. The zero-order chi connectivity index (χ0) is 25.2. The minimum Gasteiger partial charge on any atom is -0.497 e. The number of carbonyl (C=O) groups excluding carboxylic acids is 1. The molecule has 196 valence electrons. The fourth-order valence-electron chi connectivity index (χ4n) is 6.39. The highest BCUT2D eigenvalue weighted by Gasteiger charge is 2.50. The number of hydrogen-bond donors (Lipinski definition) is 2. The lowest BCUT2D eigenvalue weighted by molar-refractivity contribution is -0.140. The van der Waals surface area contributed by atoms with E-state index in [2.05, 4.69) is 37.1 Å². The molecule has 2 fully saturated rings. The number of aromatic amines is 1. The summed E-state index contributed by atoms with van der Waals surface area (Å²) in [6, 6.07) is 16.2. The Morgan fingerprint density at radius 2 is 1.84 bits per heavy atom. The third-order valence-electron chi connectivity index (χ3n) is 8.30. The minimum absolute atomic E-state index is 0.242. The molecule has 4 heterocycles. The van der Waals surface area contributed by atoms with Gasteiger partial charge in [0.25, 0.3) is 0 Å². The topological polar surface area (TPSA) is 73.1 Å². The largest absolute Gasteiger partial charge is 0.497 e. The van der Waals surface area contributed by atoms with E-state index >= 15 is 0 Å². The molecule has 0 radical (unpaired) electrons. The predicted octanol–water partition coefficient (Wildman–Crippen LogP) is 2.45. The number of likely N-dealkylation sites (tertiary alicyclic amines) is 1. The van der Waals surface area contributed by atoms with E-state index in [-0.39, 0.29) is 11.4 Å². The zero-order valence-corrected chi connectivity index (χ0v) is 21.7. The highest BCUT2D eigenvalue weighted by Crippen LogP contribution is 2.45. The van der Waals surface area contributed by atoms with Gasteiger partial charge in [-0.3, -0.25) is 14.6 Å². The number of piperazine rings is 1. The second-order valence-corrected chi connectivity index (χ2v) is 10.4. The maximum atomic E-state index is 13.8. The summed E-state index contributed by atoms with van der Waals surface area (Å²) in [5.41, 5.74) is 3.31. The quantitative estimate of drug-likeness (QED) is 0.516. The molecule has 1 amide bonds. The van der Waals surface area contributed by atoms with Crippen LogP contribution in [-0.4, -0.2) is 98.2 Å². The molecule has 6 rings (SSSR count). The summed E-state index contributed by atoms with van der Waals surface area (Å²) in [7, 11) is 1.71. The van der Waals surface area contributed by atoms with Crippen LogP contribution in [-0.2, 0) is 16.8 Å². The number of H-pyrrole nitrogens is 1. The van der Waals surface area contributed by atoms with E-state index in [0.717, 1.165) is 82.2 Å². The monoisotopic (exact) mass is 503 g/mol. The van der Waals surface area contributed by atoms with Gasteiger partial charge in [0.05, 0.1) is 19.2 Å². The first-order chi connectivity index (χ1) is 18.2. The van der Waals surface area contributed by atoms with E-state index in [1.54, 1.807) is 7.11 Å². The highest BCUT2D eigenvalue weighted by molar-refractivity contribution is 5.88. The van der Waals surface area contributed by atoms with Crippen molar-refractivity contribution in [3.63, 3.8) is 0 Å². The number of ether oxygens (including phenoxy) is 2. The molecule has 0 bridgehead atoms. The van der Waals surface area contributed by atoms with Crippen LogP contribution in [0.1, 0.15) is 17.7 Å². The summed E-state index contributed by atoms with van der Waals surface area (Å²) < 4.78 is 11.5. The van der Waals surface area contributed by atoms with Crippen molar-refractivity contribution >= 4 is 16.8 Å². The van der Waals surface area contributed by atoms with Crippen molar-refractivity contribution in [2.45, 2.75) is 18.4 Å². The van der Waals surface area contributed by atoms with Crippen LogP contribution in [0.4, 0.5) is 0 Å². The average Bonchev–Trinajstić information content (AvgIpc) is 3.52. The Balaban J connectivity index is 1.27. The van der Waals surface area contributed by atoms with E-state index in [1.165, 1.54) is 16.6 Å². The Bertz CT molecular complexity index is 1240. The maximum absolute atomic E-state index is 13.8. The third-order valence-corrected chi connectivity index (χ3v) is 8.30. The molecule has 0 saturated carbocycles. The summed E-state index contributed by atoms with van der Waals surface area (Å²) in [5.74, 6) is 2.01. The van der Waals surface area contributed by atoms with Crippen LogP contribution >= 0.6 is 0 Å². The van der Waals surface area contributed by atoms with E-state index in [1.807, 2.05) is 36.4 Å². The lowest BCUT2D eigenvalue weighted by Gasteiger charge is -2.45. The van der Waals surface area contributed by atoms with Gasteiger partial charge in [0, 0.05) is 69.0 Å². The second kappa shape index (κ2) is 10.4. The number of aromatic nitrogens is 1. The van der Waals surface area contributed by atoms with Gasteiger partial charge < -0.3 is 24.7 Å². The maximum Gasteiger partial charge on any atom is 0.237 e. The van der Waals surface area contributed by atoms with Gasteiger partial charge in [-0.2, -0.15) is 0 Å². The molecule has 2 aromatic carbocycles. The Kier molecular flexibility index (Phi) is 6.80. The zero-order valence-electron chi connectivity index (χ0n) is 21.7. The third kappa shape index (κ3) is 4.69. The van der Waals surface area contributed by atoms with Crippen LogP contribution in [0.2, 0.25) is 0 Å². The molecule has 3 aromatic rings. The highest BCUT2D eigenvalue weighted by atomic mass is 16.5. The van der Waals surface area contributed by atoms with E-state index in [0.29, 0.717) is 13.2 Å². The van der Waals surface area contributed by atoms with Crippen LogP contribution in [0.5, 0.6) is 11.5 Å². The van der Waals surface area contributed by atoms with E-state index in [4.69, 9.17) is 9.47 Å². The summed E-state index contributed by atoms with van der Waals surface area (Å²) >= 11 is 0. The molecular formula is C29H37N5O3. The summed E-state index contributed by atoms with van der Waals surface area (Å²) in [6.45, 7) is 8.19. The smallest absolute Gasteiger partial charge is 0.237 e. The molecule has 1 unspecified atom stereocenters. The van der Waals surface area contributed by atoms with Gasteiger partial charge in [-0.1, -0.05) is 18.2 Å². The SMILES string of the molecule is COc1ccc2[nH]c3c(c2c1)CCN(C(=O)CN1CCNCC1)C31CCN(CCOc2ccccc2)C1. The molecule has 3 aliphatic heterocycles. The second-order valence-electron chi connectivity index (χ2n) is 10.4. The molecule has 8 nitrogen and oxygen atoms in total. The van der Waals surface area contributed by atoms with Crippen molar-refractivity contribution in [1.82, 2.24) is 25.0 Å². The molecule has 2 N–H and O–H groups in total. The lowest BCUT2D eigenvalue weighted by atomic mass is 9.83. The standard InChI is InChI=1S/C29H37N5O3/c1-36-23-7-8-26-25(19-23)24-9-13-34(27(35)20-32-15-11-30-12-16-32)29(28(24)31-26)10-14-33(21-29)17-18-37-22-5-3-2-4-6-22/h2-8,19,30-31H,9-18,20-21H2,1H3. The number of para-hydroxylation sites is 1. The fourth-order valence-corrected chi connectivity index (χ4v) is 6.39. The van der Waals surface area contributed by atoms with Gasteiger partial charge in [0.1, 0.15) is 18.1 Å². The normalized spacial score (nSPS) is 22.5. The molecule has 1 atom stereocenters. The lowest BCUT2D eigenvalue weighted by Crippen LogP contribution is -2.58. The summed E-state index contributed by atoms with van der Waals surface area (Å²) in [5, 5.41) is 4.61. The molecule has 0 aliphatic carbocycles. The number of nitrogens with zero attached hydrogens (tertiary/aromatic N) is 3. The molecule has 1 aromatic heterocycles. The molecule has 8 heteroatoms. The van der Waals surface area contributed by atoms with Crippen LogP contribution in [0, 0.1) is 0 Å². The van der Waals surface area contributed by atoms with Crippen molar-refractivity contribution < 1.29 is 14.3 Å². The van der Waals surface area contributed by atoms with Crippen LogP contribution in [0.25, 0.3) is 10.9 Å². The Morgan fingerprint density at radius 1 is 1.00 bits per heavy atom. The Morgan fingerprint density at radius 3 is 2.65 bits per heavy atom. The number of methoxy groups -OCH3 is 1. The minimum atomic E-state index is -0.349. The van der Waals surface area contributed by atoms with Crippen LogP contribution in [0.3, 0.4) is 0 Å². The molecule has 1 spiro atoms. The van der Waals surface area contributed by atoms with Crippen LogP contribution < -0.4 is 14.8 Å². The number of rotatable bonds is 7. The van der Waals surface area contributed by atoms with Crippen molar-refractivity contribution in [3.05, 3.63) is 59.8 Å². The van der Waals surface area contributed by atoms with Crippen molar-refractivity contribution in [2.24, 2.45) is 0 Å². The van der Waals surface area contributed by atoms with Gasteiger partial charge in [-0.05, 0) is 48.7 Å². The Labute approximate surface area is 218 Å². The first-order valence-electron chi connectivity index (χ1n) is 13.5. The van der Waals surface area contributed by atoms with Crippen LogP contribution in [0.15, 0.2) is 48.5 Å². The number of hydrogen-bond acceptors (Lipinski definition) is 6. The predicted molar refractivity (Wildman–Crippen MR) is 144 cm³/mol. The van der Waals surface area contributed by atoms with Gasteiger partial charge in [-0.25, -0.2) is 0 Å². The van der Waals surface area contributed by atoms with E-state index in [9.17, 15) is 4.79 Å². The average molecular weight is 504 g/mol. The molecular weight excluding hydrogens is 466 g/mol. The van der Waals surface area contributed by atoms with E-state index < -0.39 is 0 Å². The van der Waals surface area contributed by atoms with Gasteiger partial charge >= 0.3 is 0 Å². The summed E-state index contributed by atoms with van der Waals surface area (Å²) in [6.07, 6.45) is 1.78. The number of nitrogens with one attached hydrogen (secondary N) is 2. The number of fused-ring (bicyclic) bond motifs is 4. The Hall–Kier alpha value is -3.07. The van der Waals surface area contributed by atoms with Crippen molar-refractivity contribution in [3.8, 4) is 11.5 Å². The van der Waals surface area contributed by atoms with Gasteiger partial charge in [0.15, 0.2) is 0 Å². The van der Waals surface area contributed by atoms with Crippen molar-refractivity contribution in [1.29, 1.82) is 0 Å². The van der Waals surface area contributed by atoms with Crippen molar-refractivity contribution in [2.75, 3.05) is 72.6 Å². The van der Waals surface area contributed by atoms with Gasteiger partial charge in [0.2, 0.25) is 5.91 Å². The summed E-state index contributed by atoms with van der Waals surface area (Å²) in [4.78, 5) is 24.5. The van der Waals surface area contributed by atoms with Gasteiger partial charge in [-0.15, -0.1) is 0 Å². The first kappa shape index (κ1) is 24.3. The molecule has 37 heavy (non-hydrogen) atoms. The number of benzene rings is 2. The fraction of sp³-hybridized carbons (Fsp3) is 0.483. The number of amides is 1. The molecule has 2 saturated heterocycles.